The molecule has 0 spiro atoms. The summed E-state index contributed by atoms with van der Waals surface area (Å²) < 4.78 is 1.70. The van der Waals surface area contributed by atoms with Crippen LogP contribution in [0.25, 0.3) is 16.9 Å². The first-order chi connectivity index (χ1) is 14.0. The Labute approximate surface area is 175 Å². The van der Waals surface area contributed by atoms with Gasteiger partial charge in [0.15, 0.2) is 5.65 Å². The van der Waals surface area contributed by atoms with Crippen LogP contribution in [0, 0.1) is 5.92 Å². The van der Waals surface area contributed by atoms with E-state index in [1.54, 1.807) is 15.6 Å². The number of aromatic nitrogens is 3. The third kappa shape index (κ3) is 4.17. The van der Waals surface area contributed by atoms with E-state index in [2.05, 4.69) is 15.4 Å². The topological polar surface area (TPSA) is 88.5 Å². The van der Waals surface area contributed by atoms with Crippen LogP contribution in [0.15, 0.2) is 36.5 Å². The van der Waals surface area contributed by atoms with Gasteiger partial charge in [0.25, 0.3) is 0 Å². The minimum absolute atomic E-state index is 0.338. The largest absolute Gasteiger partial charge is 0.370 e. The van der Waals surface area contributed by atoms with Gasteiger partial charge >= 0.3 is 6.03 Å². The second-order valence-corrected chi connectivity index (χ2v) is 7.76. The second kappa shape index (κ2) is 8.33. The van der Waals surface area contributed by atoms with Crippen LogP contribution in [-0.4, -0.2) is 53.0 Å². The molecule has 1 saturated heterocycles. The van der Waals surface area contributed by atoms with Crippen LogP contribution in [0.1, 0.15) is 19.3 Å². The summed E-state index contributed by atoms with van der Waals surface area (Å²) in [4.78, 5) is 17.8. The highest BCUT2D eigenvalue weighted by Gasteiger charge is 2.22. The first-order valence-corrected chi connectivity index (χ1v) is 10.1. The summed E-state index contributed by atoms with van der Waals surface area (Å²) in [7, 11) is 6.06. The number of likely N-dealkylation sites (tertiary alicyclic amines) is 1. The molecule has 2 aromatic heterocycles. The molecule has 148 valence electrons. The lowest BCUT2D eigenvalue weighted by molar-refractivity contribution is 0.171. The Bertz CT molecular complexity index is 1040. The lowest BCUT2D eigenvalue weighted by Gasteiger charge is -2.31. The van der Waals surface area contributed by atoms with Gasteiger partial charge in [0.1, 0.15) is 13.7 Å². The SMILES string of the molecule is [B]c1cnn2c(NCCC3CCCN(C(N)=O)C3)cc(-c3ccccc3Cl)nc12. The fourth-order valence-electron chi connectivity index (χ4n) is 3.82. The quantitative estimate of drug-likeness (QED) is 0.635. The van der Waals surface area contributed by atoms with Gasteiger partial charge in [-0.2, -0.15) is 9.61 Å². The zero-order valence-electron chi connectivity index (χ0n) is 16.0. The molecule has 0 bridgehead atoms. The molecule has 1 aliphatic rings. The third-order valence-corrected chi connectivity index (χ3v) is 5.67. The first-order valence-electron chi connectivity index (χ1n) is 9.70. The van der Waals surface area contributed by atoms with E-state index in [9.17, 15) is 4.79 Å². The number of anilines is 1. The number of piperidine rings is 1. The first kappa shape index (κ1) is 19.6. The molecule has 1 aliphatic heterocycles. The molecule has 3 heterocycles. The highest BCUT2D eigenvalue weighted by molar-refractivity contribution is 6.36. The van der Waals surface area contributed by atoms with Gasteiger partial charge in [-0.05, 0) is 36.7 Å². The highest BCUT2D eigenvalue weighted by Crippen LogP contribution is 2.28. The number of carbonyl (C=O) groups is 1. The van der Waals surface area contributed by atoms with E-state index < -0.39 is 0 Å². The van der Waals surface area contributed by atoms with E-state index in [4.69, 9.17) is 25.2 Å². The van der Waals surface area contributed by atoms with E-state index in [0.29, 0.717) is 28.6 Å². The minimum Gasteiger partial charge on any atom is -0.370 e. The van der Waals surface area contributed by atoms with Crippen LogP contribution in [0.5, 0.6) is 0 Å². The van der Waals surface area contributed by atoms with Gasteiger partial charge in [0, 0.05) is 42.5 Å². The Kier molecular flexibility index (Phi) is 5.62. The van der Waals surface area contributed by atoms with Gasteiger partial charge in [0.05, 0.1) is 5.69 Å². The van der Waals surface area contributed by atoms with Crippen molar-refractivity contribution < 1.29 is 4.79 Å². The number of hydrogen-bond donors (Lipinski definition) is 2. The molecule has 4 rings (SSSR count). The lowest BCUT2D eigenvalue weighted by atomic mass is 9.95. The van der Waals surface area contributed by atoms with Crippen LogP contribution < -0.4 is 16.5 Å². The number of benzene rings is 1. The Morgan fingerprint density at radius 3 is 3.00 bits per heavy atom. The van der Waals surface area contributed by atoms with E-state index in [0.717, 1.165) is 49.4 Å². The Hall–Kier alpha value is -2.74. The van der Waals surface area contributed by atoms with Gasteiger partial charge in [-0.3, -0.25) is 0 Å². The fraction of sp³-hybridized carbons (Fsp3) is 0.350. The normalized spacial score (nSPS) is 16.9. The van der Waals surface area contributed by atoms with E-state index in [1.165, 1.54) is 0 Å². The van der Waals surface area contributed by atoms with Crippen molar-refractivity contribution in [2.45, 2.75) is 19.3 Å². The smallest absolute Gasteiger partial charge is 0.314 e. The summed E-state index contributed by atoms with van der Waals surface area (Å²) in [5.74, 6) is 1.22. The molecule has 3 aromatic rings. The summed E-state index contributed by atoms with van der Waals surface area (Å²) in [5.41, 5.74) is 8.09. The van der Waals surface area contributed by atoms with Crippen molar-refractivity contribution in [3.63, 3.8) is 0 Å². The number of nitrogens with one attached hydrogen (secondary N) is 1. The van der Waals surface area contributed by atoms with Gasteiger partial charge in [0.2, 0.25) is 0 Å². The molecule has 9 heteroatoms. The molecule has 29 heavy (non-hydrogen) atoms. The third-order valence-electron chi connectivity index (χ3n) is 5.34. The number of nitrogens with two attached hydrogens (primary N) is 1. The number of fused-ring (bicyclic) bond motifs is 1. The highest BCUT2D eigenvalue weighted by atomic mass is 35.5. The number of primary amides is 1. The average Bonchev–Trinajstić information content (AvgIpc) is 3.09. The number of amides is 2. The summed E-state index contributed by atoms with van der Waals surface area (Å²) in [6.07, 6.45) is 4.60. The number of urea groups is 1. The molecule has 2 radical (unpaired) electrons. The van der Waals surface area contributed by atoms with Crippen LogP contribution >= 0.6 is 11.6 Å². The number of hydrogen-bond acceptors (Lipinski definition) is 4. The van der Waals surface area contributed by atoms with E-state index in [1.807, 2.05) is 30.3 Å². The molecule has 2 amide bonds. The second-order valence-electron chi connectivity index (χ2n) is 7.35. The van der Waals surface area contributed by atoms with Gasteiger partial charge in [-0.1, -0.05) is 29.8 Å². The van der Waals surface area contributed by atoms with Crippen molar-refractivity contribution in [3.8, 4) is 11.3 Å². The van der Waals surface area contributed by atoms with Gasteiger partial charge < -0.3 is 16.0 Å². The predicted octanol–water partition coefficient (Wildman–Crippen LogP) is 2.44. The van der Waals surface area contributed by atoms with Crippen molar-refractivity contribution in [3.05, 3.63) is 41.6 Å². The Morgan fingerprint density at radius 2 is 2.21 bits per heavy atom. The molecule has 0 saturated carbocycles. The van der Waals surface area contributed by atoms with Crippen LogP contribution in [0.3, 0.4) is 0 Å². The van der Waals surface area contributed by atoms with Crippen molar-refractivity contribution in [1.29, 1.82) is 0 Å². The summed E-state index contributed by atoms with van der Waals surface area (Å²) in [6.45, 7) is 2.19. The van der Waals surface area contributed by atoms with E-state index >= 15 is 0 Å². The minimum atomic E-state index is -0.338. The molecule has 7 nitrogen and oxygen atoms in total. The van der Waals surface area contributed by atoms with E-state index in [-0.39, 0.29) is 6.03 Å². The lowest BCUT2D eigenvalue weighted by Crippen LogP contribution is -2.43. The standard InChI is InChI=1S/C20H22BClN6O/c21-15-11-25-28-18(24-8-7-13-4-3-9-27(12-13)20(23)29)10-17(26-19(15)28)14-5-1-2-6-16(14)22/h1-2,5-6,10-11,13,24H,3-4,7-9,12H2,(H2,23,29). The van der Waals surface area contributed by atoms with Crippen LogP contribution in [-0.2, 0) is 0 Å². The molecule has 1 fully saturated rings. The monoisotopic (exact) mass is 408 g/mol. The molecular weight excluding hydrogens is 387 g/mol. The summed E-state index contributed by atoms with van der Waals surface area (Å²) in [6, 6.07) is 9.16. The summed E-state index contributed by atoms with van der Waals surface area (Å²) in [5, 5.41) is 8.42. The maximum Gasteiger partial charge on any atom is 0.314 e. The predicted molar refractivity (Wildman–Crippen MR) is 116 cm³/mol. The molecule has 1 aromatic carbocycles. The summed E-state index contributed by atoms with van der Waals surface area (Å²) >= 11 is 6.36. The van der Waals surface area contributed by atoms with Crippen molar-refractivity contribution >= 4 is 42.4 Å². The number of carbonyl (C=O) groups excluding carboxylic acids is 1. The molecular formula is C20H22BClN6O. The Balaban J connectivity index is 1.54. The van der Waals surface area contributed by atoms with Crippen LogP contribution in [0.2, 0.25) is 5.02 Å². The molecule has 1 unspecified atom stereocenters. The van der Waals surface area contributed by atoms with Crippen molar-refractivity contribution in [1.82, 2.24) is 19.5 Å². The zero-order valence-corrected chi connectivity index (χ0v) is 16.8. The molecule has 0 aliphatic carbocycles. The van der Waals surface area contributed by atoms with Crippen molar-refractivity contribution in [2.75, 3.05) is 25.0 Å². The van der Waals surface area contributed by atoms with Crippen molar-refractivity contribution in [2.24, 2.45) is 11.7 Å². The zero-order chi connectivity index (χ0) is 20.4. The molecule has 1 atom stereocenters. The fourth-order valence-corrected chi connectivity index (χ4v) is 4.05. The maximum absolute atomic E-state index is 11.4. The number of rotatable bonds is 5. The Morgan fingerprint density at radius 1 is 1.38 bits per heavy atom. The van der Waals surface area contributed by atoms with Crippen LogP contribution in [0.4, 0.5) is 10.6 Å². The average molecular weight is 409 g/mol. The number of halogens is 1. The molecule has 3 N–H and O–H groups in total. The van der Waals surface area contributed by atoms with Gasteiger partial charge in [-0.25, -0.2) is 9.78 Å². The maximum atomic E-state index is 11.4. The van der Waals surface area contributed by atoms with Gasteiger partial charge in [-0.15, -0.1) is 0 Å². The number of nitrogens with zero attached hydrogens (tertiary/aromatic N) is 4.